The summed E-state index contributed by atoms with van der Waals surface area (Å²) in [4.78, 5) is 0. The van der Waals surface area contributed by atoms with Crippen LogP contribution >= 0.6 is 15.9 Å². The Labute approximate surface area is 167 Å². The van der Waals surface area contributed by atoms with Crippen LogP contribution in [0.15, 0.2) is 57.4 Å². The molecule has 2 N–H and O–H groups in total. The maximum absolute atomic E-state index is 10.4. The summed E-state index contributed by atoms with van der Waals surface area (Å²) < 4.78 is 12.4. The summed E-state index contributed by atoms with van der Waals surface area (Å²) in [6.45, 7) is 2.23. The number of hydrogen-bond donors (Lipinski definition) is 2. The number of fused-ring (bicyclic) bond motifs is 1. The molecular weight excluding hydrogens is 408 g/mol. The predicted molar refractivity (Wildman–Crippen MR) is 110 cm³/mol. The van der Waals surface area contributed by atoms with E-state index in [1.54, 1.807) is 0 Å². The first kappa shape index (κ1) is 19.9. The highest BCUT2D eigenvalue weighted by atomic mass is 79.9. The molecule has 1 aromatic heterocycles. The Morgan fingerprint density at radius 3 is 2.70 bits per heavy atom. The Balaban J connectivity index is 1.60. The van der Waals surface area contributed by atoms with E-state index in [0.717, 1.165) is 46.7 Å². The summed E-state index contributed by atoms with van der Waals surface area (Å²) in [5.74, 6) is 1.10. The number of hydrogen-bond acceptors (Lipinski definition) is 4. The summed E-state index contributed by atoms with van der Waals surface area (Å²) in [5.41, 5.74) is 1.57. The minimum absolute atomic E-state index is 0.0797. The van der Waals surface area contributed by atoms with Crippen LogP contribution < -0.4 is 4.74 Å². The molecule has 0 radical (unpaired) electrons. The molecule has 27 heavy (non-hydrogen) atoms. The fourth-order valence-electron chi connectivity index (χ4n) is 3.02. The van der Waals surface area contributed by atoms with Crippen LogP contribution in [0.2, 0.25) is 0 Å². The second-order valence-corrected chi connectivity index (χ2v) is 7.66. The molecule has 1 heterocycles. The third kappa shape index (κ3) is 5.34. The second kappa shape index (κ2) is 9.40. The molecule has 0 aliphatic heterocycles. The first-order valence-electron chi connectivity index (χ1n) is 9.34. The van der Waals surface area contributed by atoms with E-state index >= 15 is 0 Å². The number of rotatable bonds is 9. The molecule has 4 nitrogen and oxygen atoms in total. The van der Waals surface area contributed by atoms with Crippen molar-refractivity contribution in [2.24, 2.45) is 0 Å². The molecule has 0 saturated heterocycles. The third-order valence-corrected chi connectivity index (χ3v) is 5.05. The van der Waals surface area contributed by atoms with Crippen molar-refractivity contribution in [2.45, 2.75) is 44.8 Å². The van der Waals surface area contributed by atoms with Gasteiger partial charge in [0.2, 0.25) is 0 Å². The Morgan fingerprint density at radius 1 is 1.04 bits per heavy atom. The Kier molecular flexibility index (Phi) is 6.94. The highest BCUT2D eigenvalue weighted by Crippen LogP contribution is 2.28. The number of aliphatic hydroxyl groups is 2. The summed E-state index contributed by atoms with van der Waals surface area (Å²) >= 11 is 3.43. The van der Waals surface area contributed by atoms with Crippen LogP contribution in [0.3, 0.4) is 0 Å². The van der Waals surface area contributed by atoms with E-state index < -0.39 is 12.2 Å². The largest absolute Gasteiger partial charge is 0.490 e. The van der Waals surface area contributed by atoms with Crippen molar-refractivity contribution in [1.29, 1.82) is 0 Å². The van der Waals surface area contributed by atoms with Crippen molar-refractivity contribution in [3.05, 3.63) is 64.3 Å². The van der Waals surface area contributed by atoms with Crippen LogP contribution in [-0.4, -0.2) is 16.8 Å². The van der Waals surface area contributed by atoms with Crippen molar-refractivity contribution < 1.29 is 19.4 Å². The maximum Gasteiger partial charge on any atom is 0.145 e. The highest BCUT2D eigenvalue weighted by Gasteiger charge is 2.15. The van der Waals surface area contributed by atoms with Gasteiger partial charge in [0.1, 0.15) is 29.8 Å². The third-order valence-electron chi connectivity index (χ3n) is 4.56. The zero-order chi connectivity index (χ0) is 19.2. The van der Waals surface area contributed by atoms with E-state index in [9.17, 15) is 10.2 Å². The van der Waals surface area contributed by atoms with Crippen molar-refractivity contribution in [3.8, 4) is 5.75 Å². The number of unbranched alkanes of at least 4 members (excludes halogenated alkanes) is 2. The first-order chi connectivity index (χ1) is 13.1. The Hall–Kier alpha value is -1.82. The zero-order valence-corrected chi connectivity index (χ0v) is 17.0. The van der Waals surface area contributed by atoms with E-state index in [4.69, 9.17) is 9.15 Å². The average molecular weight is 433 g/mol. The Morgan fingerprint density at radius 2 is 1.89 bits per heavy atom. The van der Waals surface area contributed by atoms with Crippen molar-refractivity contribution >= 4 is 26.9 Å². The van der Waals surface area contributed by atoms with Gasteiger partial charge < -0.3 is 19.4 Å². The molecule has 2 atom stereocenters. The number of furan rings is 1. The van der Waals surface area contributed by atoms with Gasteiger partial charge in [0, 0.05) is 9.86 Å². The number of halogens is 1. The van der Waals surface area contributed by atoms with E-state index in [1.165, 1.54) is 0 Å². The van der Waals surface area contributed by atoms with Gasteiger partial charge >= 0.3 is 0 Å². The molecule has 0 spiro atoms. The number of aliphatic hydroxyl groups excluding tert-OH is 2. The van der Waals surface area contributed by atoms with Gasteiger partial charge in [-0.15, -0.1) is 0 Å². The zero-order valence-electron chi connectivity index (χ0n) is 15.4. The lowest BCUT2D eigenvalue weighted by atomic mass is 10.0. The molecule has 0 amide bonds. The van der Waals surface area contributed by atoms with Gasteiger partial charge in [-0.25, -0.2) is 0 Å². The molecule has 2 aromatic carbocycles. The van der Waals surface area contributed by atoms with Crippen molar-refractivity contribution in [2.75, 3.05) is 6.61 Å². The van der Waals surface area contributed by atoms with Crippen LogP contribution in [0.4, 0.5) is 0 Å². The molecule has 0 bridgehead atoms. The van der Waals surface area contributed by atoms with Crippen LogP contribution in [0.1, 0.15) is 56.1 Å². The molecule has 0 saturated carbocycles. The molecule has 3 rings (SSSR count). The lowest BCUT2D eigenvalue weighted by Crippen LogP contribution is -2.09. The van der Waals surface area contributed by atoms with Crippen LogP contribution in [0.25, 0.3) is 11.0 Å². The summed E-state index contributed by atoms with van der Waals surface area (Å²) in [6.07, 6.45) is 2.64. The molecule has 0 aliphatic carbocycles. The monoisotopic (exact) mass is 432 g/mol. The van der Waals surface area contributed by atoms with E-state index in [1.807, 2.05) is 48.5 Å². The summed E-state index contributed by atoms with van der Waals surface area (Å²) in [5, 5.41) is 21.6. The topological polar surface area (TPSA) is 62.8 Å². The van der Waals surface area contributed by atoms with E-state index in [0.29, 0.717) is 11.5 Å². The summed E-state index contributed by atoms with van der Waals surface area (Å²) in [6, 6.07) is 14.9. The quantitative estimate of drug-likeness (QED) is 0.411. The number of benzene rings is 2. The molecule has 2 unspecified atom stereocenters. The van der Waals surface area contributed by atoms with Crippen molar-refractivity contribution in [1.82, 2.24) is 0 Å². The van der Waals surface area contributed by atoms with Gasteiger partial charge in [0.05, 0.1) is 6.10 Å². The number of ether oxygens (including phenoxy) is 1. The lowest BCUT2D eigenvalue weighted by Gasteiger charge is -2.14. The lowest BCUT2D eigenvalue weighted by molar-refractivity contribution is 0.0900. The van der Waals surface area contributed by atoms with Gasteiger partial charge in [-0.3, -0.25) is 0 Å². The molecule has 5 heteroatoms. The van der Waals surface area contributed by atoms with Crippen molar-refractivity contribution in [3.63, 3.8) is 0 Å². The van der Waals surface area contributed by atoms with E-state index in [2.05, 4.69) is 22.9 Å². The van der Waals surface area contributed by atoms with Gasteiger partial charge in [0.15, 0.2) is 0 Å². The van der Waals surface area contributed by atoms with Crippen LogP contribution in [0, 0.1) is 0 Å². The standard InChI is InChI=1S/C22H25BrO4/c1-2-3-4-8-19(24)15-6-5-7-18(12-15)26-14-20(25)22-13-16-11-17(23)9-10-21(16)27-22/h5-7,9-13,19-20,24-25H,2-4,8,14H2,1H3. The van der Waals surface area contributed by atoms with Crippen LogP contribution in [-0.2, 0) is 0 Å². The predicted octanol–water partition coefficient (Wildman–Crippen LogP) is 5.92. The highest BCUT2D eigenvalue weighted by molar-refractivity contribution is 9.10. The normalized spacial score (nSPS) is 13.6. The maximum atomic E-state index is 10.4. The smallest absolute Gasteiger partial charge is 0.145 e. The Bertz CT molecular complexity index is 874. The SMILES string of the molecule is CCCCCC(O)c1cccc(OCC(O)c2cc3cc(Br)ccc3o2)c1. The molecule has 0 fully saturated rings. The van der Waals surface area contributed by atoms with Gasteiger partial charge in [-0.1, -0.05) is 54.2 Å². The molecule has 0 aliphatic rings. The second-order valence-electron chi connectivity index (χ2n) is 6.74. The van der Waals surface area contributed by atoms with Gasteiger partial charge in [-0.2, -0.15) is 0 Å². The van der Waals surface area contributed by atoms with Gasteiger partial charge in [-0.05, 0) is 48.4 Å². The fourth-order valence-corrected chi connectivity index (χ4v) is 3.40. The molecular formula is C22H25BrO4. The van der Waals surface area contributed by atoms with Gasteiger partial charge in [0.25, 0.3) is 0 Å². The minimum atomic E-state index is -0.866. The fraction of sp³-hybridized carbons (Fsp3) is 0.364. The molecule has 144 valence electrons. The first-order valence-corrected chi connectivity index (χ1v) is 10.1. The summed E-state index contributed by atoms with van der Waals surface area (Å²) in [7, 11) is 0. The molecule has 3 aromatic rings. The van der Waals surface area contributed by atoms with E-state index in [-0.39, 0.29) is 6.61 Å². The minimum Gasteiger partial charge on any atom is -0.490 e. The van der Waals surface area contributed by atoms with Crippen LogP contribution in [0.5, 0.6) is 5.75 Å². The average Bonchev–Trinajstić information content (AvgIpc) is 3.09.